The van der Waals surface area contributed by atoms with Gasteiger partial charge in [0.15, 0.2) is 0 Å². The summed E-state index contributed by atoms with van der Waals surface area (Å²) < 4.78 is 11.2. The van der Waals surface area contributed by atoms with E-state index in [1.807, 2.05) is 0 Å². The van der Waals surface area contributed by atoms with Crippen molar-refractivity contribution < 1.29 is 17.1 Å². The van der Waals surface area contributed by atoms with Crippen LogP contribution >= 0.6 is 0 Å². The third-order valence-electron chi connectivity index (χ3n) is 3.48. The van der Waals surface area contributed by atoms with Gasteiger partial charge in [-0.2, -0.15) is 0 Å². The van der Waals surface area contributed by atoms with Crippen LogP contribution in [0.5, 0.6) is 0 Å². The molecule has 0 aliphatic heterocycles. The molecule has 5 heteroatoms. The number of carbonyl (C=O) groups is 2. The van der Waals surface area contributed by atoms with E-state index in [1.165, 1.54) is 26.7 Å². The summed E-state index contributed by atoms with van der Waals surface area (Å²) in [7, 11) is 0. The Balaban J connectivity index is 4.67. The SMILES string of the molecule is CCCCC[CH2][Ge]([CH2]CCCCC)([O]C(C)=O)[O]C(C)=O. The van der Waals surface area contributed by atoms with Gasteiger partial charge in [-0.15, -0.1) is 0 Å². The van der Waals surface area contributed by atoms with Gasteiger partial charge in [-0.05, 0) is 0 Å². The second-order valence-corrected chi connectivity index (χ2v) is 12.5. The normalized spacial score (nSPS) is 11.2. The minimum atomic E-state index is -3.30. The van der Waals surface area contributed by atoms with E-state index >= 15 is 0 Å². The van der Waals surface area contributed by atoms with Gasteiger partial charge in [0.2, 0.25) is 0 Å². The Labute approximate surface area is 133 Å². The average Bonchev–Trinajstić information content (AvgIpc) is 2.38. The maximum atomic E-state index is 11.5. The Kier molecular flexibility index (Phi) is 11.8. The van der Waals surface area contributed by atoms with Crippen molar-refractivity contribution >= 4 is 25.9 Å². The van der Waals surface area contributed by atoms with E-state index in [-0.39, 0.29) is 11.9 Å². The number of rotatable bonds is 12. The van der Waals surface area contributed by atoms with Gasteiger partial charge in [-0.25, -0.2) is 0 Å². The summed E-state index contributed by atoms with van der Waals surface area (Å²) in [6, 6.07) is 0. The Bertz CT molecular complexity index is 275. The molecule has 0 N–H and O–H groups in total. The summed E-state index contributed by atoms with van der Waals surface area (Å²) in [6.45, 7) is 7.16. The van der Waals surface area contributed by atoms with Crippen molar-refractivity contribution in [3.8, 4) is 0 Å². The van der Waals surface area contributed by atoms with Crippen molar-refractivity contribution in [1.82, 2.24) is 0 Å². The van der Waals surface area contributed by atoms with Crippen LogP contribution < -0.4 is 0 Å². The summed E-state index contributed by atoms with van der Waals surface area (Å²) in [5.41, 5.74) is 0. The molecule has 0 saturated carbocycles. The molecule has 124 valence electrons. The summed E-state index contributed by atoms with van der Waals surface area (Å²) in [5.74, 6) is -0.607. The van der Waals surface area contributed by atoms with Gasteiger partial charge in [-0.3, -0.25) is 0 Å². The van der Waals surface area contributed by atoms with E-state index in [0.717, 1.165) is 49.0 Å². The first kappa shape index (κ1) is 20.5. The van der Waals surface area contributed by atoms with Crippen LogP contribution in [0.2, 0.25) is 10.5 Å². The molecule has 0 atom stereocenters. The van der Waals surface area contributed by atoms with E-state index in [1.54, 1.807) is 0 Å². The Morgan fingerprint density at radius 3 is 1.38 bits per heavy atom. The standard InChI is InChI=1S/C16H32GeO4/c1-5-7-9-11-13-17(20-15(3)18,21-16(4)19)14-12-10-8-6-2/h5-14H2,1-4H3. The monoisotopic (exact) mass is 362 g/mol. The molecule has 0 radical (unpaired) electrons. The van der Waals surface area contributed by atoms with Crippen molar-refractivity contribution in [2.45, 2.75) is 89.6 Å². The summed E-state index contributed by atoms with van der Waals surface area (Å²) in [5, 5.41) is 1.57. The van der Waals surface area contributed by atoms with Gasteiger partial charge in [0, 0.05) is 0 Å². The molecule has 0 aliphatic rings. The molecular weight excluding hydrogens is 329 g/mol. The van der Waals surface area contributed by atoms with Crippen LogP contribution in [0.1, 0.15) is 79.1 Å². The zero-order valence-corrected chi connectivity index (χ0v) is 16.3. The van der Waals surface area contributed by atoms with Crippen molar-refractivity contribution in [2.75, 3.05) is 0 Å². The molecule has 0 aromatic rings. The molecule has 0 bridgehead atoms. The Morgan fingerprint density at radius 2 is 1.10 bits per heavy atom. The molecular formula is C16H32GeO4. The fourth-order valence-electron chi connectivity index (χ4n) is 2.52. The first-order valence-electron chi connectivity index (χ1n) is 8.35. The Hall–Kier alpha value is -0.517. The van der Waals surface area contributed by atoms with Crippen LogP contribution in [0.15, 0.2) is 0 Å². The van der Waals surface area contributed by atoms with Gasteiger partial charge >= 0.3 is 133 Å². The predicted octanol–water partition coefficient (Wildman–Crippen LogP) is 4.72. The molecule has 0 aromatic carbocycles. The zero-order chi connectivity index (χ0) is 16.1. The second kappa shape index (κ2) is 12.1. The van der Waals surface area contributed by atoms with Crippen LogP contribution in [0.25, 0.3) is 0 Å². The zero-order valence-electron chi connectivity index (χ0n) is 14.2. The van der Waals surface area contributed by atoms with Crippen molar-refractivity contribution in [1.29, 1.82) is 0 Å². The number of unbranched alkanes of at least 4 members (excludes halogenated alkanes) is 6. The molecule has 0 fully saturated rings. The molecule has 0 heterocycles. The second-order valence-electron chi connectivity index (χ2n) is 5.72. The topological polar surface area (TPSA) is 52.6 Å². The summed E-state index contributed by atoms with van der Waals surface area (Å²) >= 11 is -3.30. The predicted molar refractivity (Wildman–Crippen MR) is 87.2 cm³/mol. The number of carbonyl (C=O) groups excluding carboxylic acids is 2. The number of hydrogen-bond donors (Lipinski definition) is 0. The third kappa shape index (κ3) is 10.8. The van der Waals surface area contributed by atoms with E-state index in [0.29, 0.717) is 0 Å². The van der Waals surface area contributed by atoms with Gasteiger partial charge in [-0.1, -0.05) is 0 Å². The fraction of sp³-hybridized carbons (Fsp3) is 0.875. The molecule has 0 unspecified atom stereocenters. The van der Waals surface area contributed by atoms with Crippen LogP contribution in [-0.2, 0) is 17.1 Å². The van der Waals surface area contributed by atoms with Crippen LogP contribution in [0.4, 0.5) is 0 Å². The first-order valence-corrected chi connectivity index (χ1v) is 13.0. The van der Waals surface area contributed by atoms with E-state index < -0.39 is 13.9 Å². The van der Waals surface area contributed by atoms with E-state index in [9.17, 15) is 9.59 Å². The third-order valence-corrected chi connectivity index (χ3v) is 10.9. The molecule has 4 nitrogen and oxygen atoms in total. The van der Waals surface area contributed by atoms with E-state index in [2.05, 4.69) is 13.8 Å². The number of hydrogen-bond acceptors (Lipinski definition) is 4. The fourth-order valence-corrected chi connectivity index (χ4v) is 9.49. The molecule has 0 spiro atoms. The van der Waals surface area contributed by atoms with Crippen molar-refractivity contribution in [3.63, 3.8) is 0 Å². The van der Waals surface area contributed by atoms with Crippen LogP contribution in [-0.4, -0.2) is 25.9 Å². The molecule has 0 saturated heterocycles. The maximum absolute atomic E-state index is 11.5. The summed E-state index contributed by atoms with van der Waals surface area (Å²) in [4.78, 5) is 22.9. The molecule has 0 aromatic heterocycles. The van der Waals surface area contributed by atoms with Crippen LogP contribution in [0, 0.1) is 0 Å². The van der Waals surface area contributed by atoms with Gasteiger partial charge in [0.25, 0.3) is 0 Å². The van der Waals surface area contributed by atoms with Gasteiger partial charge in [0.1, 0.15) is 0 Å². The summed E-state index contributed by atoms with van der Waals surface area (Å²) in [6.07, 6.45) is 8.88. The molecule has 0 rings (SSSR count). The Morgan fingerprint density at radius 1 is 0.714 bits per heavy atom. The minimum absolute atomic E-state index is 0.303. The average molecular weight is 361 g/mol. The van der Waals surface area contributed by atoms with Gasteiger partial charge in [0.05, 0.1) is 0 Å². The van der Waals surface area contributed by atoms with Gasteiger partial charge < -0.3 is 0 Å². The molecule has 0 amide bonds. The van der Waals surface area contributed by atoms with Crippen molar-refractivity contribution in [2.24, 2.45) is 0 Å². The first-order chi connectivity index (χ1) is 9.95. The quantitative estimate of drug-likeness (QED) is 0.373. The van der Waals surface area contributed by atoms with Crippen LogP contribution in [0.3, 0.4) is 0 Å². The molecule has 0 aliphatic carbocycles. The molecule has 21 heavy (non-hydrogen) atoms. The van der Waals surface area contributed by atoms with Crippen molar-refractivity contribution in [3.05, 3.63) is 0 Å². The van der Waals surface area contributed by atoms with E-state index in [4.69, 9.17) is 7.53 Å².